The Labute approximate surface area is 220 Å². The van der Waals surface area contributed by atoms with Crippen molar-refractivity contribution in [2.45, 2.75) is 39.3 Å². The van der Waals surface area contributed by atoms with Gasteiger partial charge in [0.1, 0.15) is 12.6 Å². The van der Waals surface area contributed by atoms with E-state index in [9.17, 15) is 28.1 Å². The summed E-state index contributed by atoms with van der Waals surface area (Å²) in [5.41, 5.74) is 0.134. The van der Waals surface area contributed by atoms with Gasteiger partial charge in [0.05, 0.1) is 16.9 Å². The van der Waals surface area contributed by atoms with E-state index < -0.39 is 33.4 Å². The number of anilines is 1. The van der Waals surface area contributed by atoms with Gasteiger partial charge in [0, 0.05) is 35.3 Å². The molecule has 0 radical (unpaired) electrons. The zero-order valence-electron chi connectivity index (χ0n) is 20.1. The number of rotatable bonds is 12. The number of hydrogen-bond acceptors (Lipinski definition) is 6. The number of nitro benzene ring substituents is 1. The Balaban J connectivity index is 2.49. The Morgan fingerprint density at radius 3 is 2.39 bits per heavy atom. The summed E-state index contributed by atoms with van der Waals surface area (Å²) in [5, 5.41) is 14.6. The van der Waals surface area contributed by atoms with Crippen molar-refractivity contribution < 1.29 is 22.9 Å². The lowest BCUT2D eigenvalue weighted by Crippen LogP contribution is -2.52. The molecule has 2 rings (SSSR count). The largest absolute Gasteiger partial charge is 0.354 e. The van der Waals surface area contributed by atoms with Gasteiger partial charge in [-0.3, -0.25) is 24.0 Å². The second kappa shape index (κ2) is 12.9. The molecule has 2 amide bonds. The molecule has 36 heavy (non-hydrogen) atoms. The highest BCUT2D eigenvalue weighted by molar-refractivity contribution is 7.92. The Kier molecular flexibility index (Phi) is 10.5. The molecular weight excluding hydrogens is 531 g/mol. The number of carbonyl (C=O) groups excluding carboxylic acids is 2. The lowest BCUT2D eigenvalue weighted by atomic mass is 10.1. The zero-order valence-corrected chi connectivity index (χ0v) is 22.4. The van der Waals surface area contributed by atoms with Crippen LogP contribution in [0.3, 0.4) is 0 Å². The predicted octanol–water partition coefficient (Wildman–Crippen LogP) is 4.00. The Hall–Kier alpha value is -2.89. The molecule has 1 atom stereocenters. The highest BCUT2D eigenvalue weighted by Crippen LogP contribution is 2.26. The summed E-state index contributed by atoms with van der Waals surface area (Å²) < 4.78 is 26.0. The van der Waals surface area contributed by atoms with Gasteiger partial charge in [0.15, 0.2) is 0 Å². The van der Waals surface area contributed by atoms with Crippen LogP contribution in [0.25, 0.3) is 0 Å². The van der Waals surface area contributed by atoms with Gasteiger partial charge in [-0.05, 0) is 36.6 Å². The number of sulfonamides is 1. The van der Waals surface area contributed by atoms with E-state index in [4.69, 9.17) is 23.2 Å². The van der Waals surface area contributed by atoms with Crippen molar-refractivity contribution in [3.8, 4) is 0 Å². The van der Waals surface area contributed by atoms with Crippen LogP contribution in [-0.2, 0) is 26.2 Å². The van der Waals surface area contributed by atoms with Gasteiger partial charge < -0.3 is 10.2 Å². The third-order valence-corrected chi connectivity index (χ3v) is 7.03. The maximum absolute atomic E-state index is 13.6. The monoisotopic (exact) mass is 558 g/mol. The first-order chi connectivity index (χ1) is 16.9. The molecule has 0 fully saturated rings. The molecule has 196 valence electrons. The number of hydrogen-bond donors (Lipinski definition) is 1. The first kappa shape index (κ1) is 29.3. The molecule has 0 aliphatic carbocycles. The van der Waals surface area contributed by atoms with Crippen molar-refractivity contribution in [3.05, 3.63) is 68.2 Å². The van der Waals surface area contributed by atoms with Crippen LogP contribution in [0.4, 0.5) is 11.4 Å². The van der Waals surface area contributed by atoms with E-state index in [1.807, 2.05) is 6.92 Å². The Bertz CT molecular complexity index is 1220. The Morgan fingerprint density at radius 2 is 1.83 bits per heavy atom. The van der Waals surface area contributed by atoms with Crippen molar-refractivity contribution >= 4 is 56.4 Å². The van der Waals surface area contributed by atoms with Gasteiger partial charge in [-0.25, -0.2) is 8.42 Å². The zero-order chi connectivity index (χ0) is 27.0. The standard InChI is InChI=1S/C23H28Cl2N4O6S/c1-4-11-26-23(31)21(5-2)27(14-16-9-10-17(24)12-20(16)25)22(30)15-28(36(3,34)35)18-7-6-8-19(13-18)29(32)33/h6-10,12-13,21H,4-5,11,14-15H2,1-3H3,(H,26,31)/t21-/m1/s1. The normalized spacial score (nSPS) is 12.0. The first-order valence-corrected chi connectivity index (χ1v) is 13.7. The summed E-state index contributed by atoms with van der Waals surface area (Å²) in [7, 11) is -4.02. The molecular formula is C23H28Cl2N4O6S. The van der Waals surface area contributed by atoms with Gasteiger partial charge in [0.25, 0.3) is 5.69 Å². The third-order valence-electron chi connectivity index (χ3n) is 5.30. The van der Waals surface area contributed by atoms with Crippen LogP contribution in [0.2, 0.25) is 10.0 Å². The van der Waals surface area contributed by atoms with E-state index in [1.165, 1.54) is 29.2 Å². The molecule has 13 heteroatoms. The van der Waals surface area contributed by atoms with E-state index in [0.29, 0.717) is 23.6 Å². The average molecular weight is 559 g/mol. The molecule has 0 aliphatic rings. The fourth-order valence-electron chi connectivity index (χ4n) is 3.49. The van der Waals surface area contributed by atoms with Crippen LogP contribution in [0.15, 0.2) is 42.5 Å². The molecule has 0 heterocycles. The van der Waals surface area contributed by atoms with Crippen LogP contribution < -0.4 is 9.62 Å². The summed E-state index contributed by atoms with van der Waals surface area (Å²) in [5.74, 6) is -1.07. The number of nitrogens with one attached hydrogen (secondary N) is 1. The SMILES string of the molecule is CCCNC(=O)[C@@H](CC)N(Cc1ccc(Cl)cc1Cl)C(=O)CN(c1cccc([N+](=O)[O-])c1)S(C)(=O)=O. The fourth-order valence-corrected chi connectivity index (χ4v) is 4.80. The van der Waals surface area contributed by atoms with Crippen LogP contribution >= 0.6 is 23.2 Å². The van der Waals surface area contributed by atoms with E-state index in [1.54, 1.807) is 19.1 Å². The lowest BCUT2D eigenvalue weighted by Gasteiger charge is -2.33. The quantitative estimate of drug-likeness (QED) is 0.309. The summed E-state index contributed by atoms with van der Waals surface area (Å²) in [6.07, 6.45) is 1.83. The number of amides is 2. The Morgan fingerprint density at radius 1 is 1.14 bits per heavy atom. The summed E-state index contributed by atoms with van der Waals surface area (Å²) >= 11 is 12.3. The van der Waals surface area contributed by atoms with Crippen LogP contribution in [-0.4, -0.2) is 55.4 Å². The number of non-ortho nitro benzene ring substituents is 1. The molecule has 0 bridgehead atoms. The van der Waals surface area contributed by atoms with E-state index in [2.05, 4.69) is 5.32 Å². The van der Waals surface area contributed by atoms with Crippen molar-refractivity contribution in [1.82, 2.24) is 10.2 Å². The van der Waals surface area contributed by atoms with Crippen LogP contribution in [0.5, 0.6) is 0 Å². The molecule has 2 aromatic rings. The molecule has 0 saturated heterocycles. The van der Waals surface area contributed by atoms with Crippen LogP contribution in [0, 0.1) is 10.1 Å². The lowest BCUT2D eigenvalue weighted by molar-refractivity contribution is -0.384. The van der Waals surface area contributed by atoms with Crippen molar-refractivity contribution in [1.29, 1.82) is 0 Å². The molecule has 1 N–H and O–H groups in total. The third kappa shape index (κ3) is 7.81. The van der Waals surface area contributed by atoms with E-state index in [-0.39, 0.29) is 35.3 Å². The molecule has 10 nitrogen and oxygen atoms in total. The number of halogens is 2. The maximum Gasteiger partial charge on any atom is 0.271 e. The summed E-state index contributed by atoms with van der Waals surface area (Å²) in [6.45, 7) is 3.26. The minimum Gasteiger partial charge on any atom is -0.354 e. The molecule has 0 spiro atoms. The summed E-state index contributed by atoms with van der Waals surface area (Å²) in [4.78, 5) is 38.3. The number of benzene rings is 2. The van der Waals surface area contributed by atoms with Crippen molar-refractivity contribution in [2.24, 2.45) is 0 Å². The van der Waals surface area contributed by atoms with Gasteiger partial charge in [-0.15, -0.1) is 0 Å². The van der Waals surface area contributed by atoms with E-state index >= 15 is 0 Å². The first-order valence-electron chi connectivity index (χ1n) is 11.1. The average Bonchev–Trinajstić information content (AvgIpc) is 2.81. The van der Waals surface area contributed by atoms with Crippen LogP contribution in [0.1, 0.15) is 32.3 Å². The molecule has 0 unspecified atom stereocenters. The number of nitrogens with zero attached hydrogens (tertiary/aromatic N) is 3. The highest BCUT2D eigenvalue weighted by Gasteiger charge is 2.32. The van der Waals surface area contributed by atoms with E-state index in [0.717, 1.165) is 16.6 Å². The van der Waals surface area contributed by atoms with Crippen molar-refractivity contribution in [2.75, 3.05) is 23.7 Å². The molecule has 0 aromatic heterocycles. The summed E-state index contributed by atoms with van der Waals surface area (Å²) in [6, 6.07) is 8.77. The topological polar surface area (TPSA) is 130 Å². The molecule has 0 saturated carbocycles. The van der Waals surface area contributed by atoms with Gasteiger partial charge in [-0.2, -0.15) is 0 Å². The molecule has 2 aromatic carbocycles. The minimum absolute atomic E-state index is 0.0481. The van der Waals surface area contributed by atoms with Gasteiger partial charge in [-0.1, -0.05) is 49.2 Å². The second-order valence-corrected chi connectivity index (χ2v) is 10.8. The number of nitro groups is 1. The van der Waals surface area contributed by atoms with Crippen molar-refractivity contribution in [3.63, 3.8) is 0 Å². The second-order valence-electron chi connectivity index (χ2n) is 8.02. The predicted molar refractivity (Wildman–Crippen MR) is 140 cm³/mol. The highest BCUT2D eigenvalue weighted by atomic mass is 35.5. The minimum atomic E-state index is -4.02. The van der Waals surface area contributed by atoms with Gasteiger partial charge >= 0.3 is 0 Å². The fraction of sp³-hybridized carbons (Fsp3) is 0.391. The van der Waals surface area contributed by atoms with Gasteiger partial charge in [0.2, 0.25) is 21.8 Å². The number of carbonyl (C=O) groups is 2. The smallest absolute Gasteiger partial charge is 0.271 e. The molecule has 0 aliphatic heterocycles. The maximum atomic E-state index is 13.6.